The van der Waals surface area contributed by atoms with Gasteiger partial charge in [0.05, 0.1) is 12.1 Å². The molecule has 5 heteroatoms. The lowest BCUT2D eigenvalue weighted by Gasteiger charge is -2.34. The van der Waals surface area contributed by atoms with Gasteiger partial charge in [-0.3, -0.25) is 9.59 Å². The van der Waals surface area contributed by atoms with Crippen LogP contribution >= 0.6 is 0 Å². The van der Waals surface area contributed by atoms with Gasteiger partial charge in [0.25, 0.3) is 0 Å². The lowest BCUT2D eigenvalue weighted by molar-refractivity contribution is -0.134. The molecule has 2 N–H and O–H groups in total. The van der Waals surface area contributed by atoms with Gasteiger partial charge in [-0.2, -0.15) is 0 Å². The van der Waals surface area contributed by atoms with E-state index in [2.05, 4.69) is 31.3 Å². The number of aliphatic hydroxyl groups is 1. The van der Waals surface area contributed by atoms with Crippen LogP contribution in [0.15, 0.2) is 30.3 Å². The number of hydrogen-bond acceptors (Lipinski definition) is 3. The van der Waals surface area contributed by atoms with E-state index in [4.69, 9.17) is 0 Å². The minimum atomic E-state index is -0.545. The van der Waals surface area contributed by atoms with Crippen LogP contribution in [-0.2, 0) is 15.0 Å². The summed E-state index contributed by atoms with van der Waals surface area (Å²) in [5.74, 6) is 0.546. The molecule has 0 spiro atoms. The van der Waals surface area contributed by atoms with Crippen molar-refractivity contribution in [1.82, 2.24) is 10.2 Å². The van der Waals surface area contributed by atoms with Crippen LogP contribution in [0.3, 0.4) is 0 Å². The molecule has 0 saturated heterocycles. The van der Waals surface area contributed by atoms with Crippen molar-refractivity contribution in [2.24, 2.45) is 5.92 Å². The van der Waals surface area contributed by atoms with E-state index in [0.717, 1.165) is 25.7 Å². The summed E-state index contributed by atoms with van der Waals surface area (Å²) < 4.78 is 0. The number of likely N-dealkylation sites (N-methyl/N-ethyl adjacent to an activating group) is 1. The predicted molar refractivity (Wildman–Crippen MR) is 112 cm³/mol. The van der Waals surface area contributed by atoms with Crippen molar-refractivity contribution in [2.45, 2.75) is 76.9 Å². The second kappa shape index (κ2) is 10.1. The molecule has 0 aliphatic heterocycles. The number of benzene rings is 1. The van der Waals surface area contributed by atoms with Crippen LogP contribution in [0, 0.1) is 5.92 Å². The first-order valence-corrected chi connectivity index (χ1v) is 10.5. The topological polar surface area (TPSA) is 69.6 Å². The lowest BCUT2D eigenvalue weighted by Crippen LogP contribution is -2.44. The third-order valence-electron chi connectivity index (χ3n) is 6.17. The maximum atomic E-state index is 12.6. The normalized spacial score (nSPS) is 25.2. The van der Waals surface area contributed by atoms with E-state index >= 15 is 0 Å². The molecule has 1 fully saturated rings. The Morgan fingerprint density at radius 1 is 1.21 bits per heavy atom. The molecule has 3 atom stereocenters. The summed E-state index contributed by atoms with van der Waals surface area (Å²) in [4.78, 5) is 26.0. The van der Waals surface area contributed by atoms with Gasteiger partial charge < -0.3 is 15.3 Å². The molecule has 1 aliphatic rings. The van der Waals surface area contributed by atoms with Crippen molar-refractivity contribution < 1.29 is 14.7 Å². The highest BCUT2D eigenvalue weighted by atomic mass is 16.3. The minimum absolute atomic E-state index is 0.0439. The Hall–Kier alpha value is -1.88. The van der Waals surface area contributed by atoms with Crippen LogP contribution in [0.5, 0.6) is 0 Å². The summed E-state index contributed by atoms with van der Waals surface area (Å²) in [5.41, 5.74) is 0.968. The zero-order valence-corrected chi connectivity index (χ0v) is 17.8. The van der Waals surface area contributed by atoms with Crippen molar-refractivity contribution in [3.63, 3.8) is 0 Å². The first-order chi connectivity index (χ1) is 13.2. The molecular formula is C23H36N2O3. The summed E-state index contributed by atoms with van der Waals surface area (Å²) in [7, 11) is 1.82. The number of carbonyl (C=O) groups excluding carboxylic acids is 2. The molecule has 5 nitrogen and oxygen atoms in total. The molecule has 2 amide bonds. The summed E-state index contributed by atoms with van der Waals surface area (Å²) in [5, 5.41) is 13.8. The molecule has 2 rings (SSSR count). The summed E-state index contributed by atoms with van der Waals surface area (Å²) in [6, 6.07) is 10.1. The monoisotopic (exact) mass is 388 g/mol. The highest BCUT2D eigenvalue weighted by Crippen LogP contribution is 2.39. The maximum absolute atomic E-state index is 12.6. The molecular weight excluding hydrogens is 352 g/mol. The van der Waals surface area contributed by atoms with Crippen LogP contribution in [0.4, 0.5) is 0 Å². The molecule has 0 bridgehead atoms. The fraction of sp³-hybridized carbons (Fsp3) is 0.652. The van der Waals surface area contributed by atoms with Crippen molar-refractivity contribution in [2.75, 3.05) is 13.6 Å². The largest absolute Gasteiger partial charge is 0.391 e. The molecule has 1 saturated carbocycles. The number of hydrogen-bond donors (Lipinski definition) is 2. The van der Waals surface area contributed by atoms with Crippen LogP contribution in [-0.4, -0.2) is 47.6 Å². The molecule has 1 aromatic rings. The molecule has 1 aromatic carbocycles. The van der Waals surface area contributed by atoms with E-state index in [1.165, 1.54) is 12.5 Å². The van der Waals surface area contributed by atoms with E-state index < -0.39 is 6.10 Å². The average Bonchev–Trinajstić information content (AvgIpc) is 2.84. The Morgan fingerprint density at radius 2 is 1.86 bits per heavy atom. The number of amides is 2. The smallest absolute Gasteiger partial charge is 0.222 e. The van der Waals surface area contributed by atoms with Crippen LogP contribution in [0.2, 0.25) is 0 Å². The van der Waals surface area contributed by atoms with Gasteiger partial charge in [0, 0.05) is 32.4 Å². The van der Waals surface area contributed by atoms with Gasteiger partial charge >= 0.3 is 0 Å². The van der Waals surface area contributed by atoms with E-state index in [0.29, 0.717) is 25.3 Å². The SMILES string of the molecule is CC(=O)NC[C@]1(c2ccccc2)CC[C@@H](O)[C@H](N(C)C(=O)CCC(C)C)CC1. The Morgan fingerprint density at radius 3 is 2.46 bits per heavy atom. The Bertz CT molecular complexity index is 647. The molecule has 1 aliphatic carbocycles. The summed E-state index contributed by atoms with van der Waals surface area (Å²) >= 11 is 0. The third kappa shape index (κ3) is 5.81. The first-order valence-electron chi connectivity index (χ1n) is 10.5. The van der Waals surface area contributed by atoms with Gasteiger partial charge in [-0.05, 0) is 43.6 Å². The van der Waals surface area contributed by atoms with Crippen molar-refractivity contribution in [1.29, 1.82) is 0 Å². The van der Waals surface area contributed by atoms with Gasteiger partial charge in [0.15, 0.2) is 0 Å². The van der Waals surface area contributed by atoms with Gasteiger partial charge in [-0.1, -0.05) is 44.2 Å². The lowest BCUT2D eigenvalue weighted by atomic mass is 9.74. The third-order valence-corrected chi connectivity index (χ3v) is 6.17. The Kier molecular flexibility index (Phi) is 8.05. The quantitative estimate of drug-likeness (QED) is 0.705. The van der Waals surface area contributed by atoms with Gasteiger partial charge in [-0.25, -0.2) is 0 Å². The number of rotatable bonds is 7. The van der Waals surface area contributed by atoms with Crippen molar-refractivity contribution in [3.8, 4) is 0 Å². The number of carbonyl (C=O) groups is 2. The highest BCUT2D eigenvalue weighted by molar-refractivity contribution is 5.76. The Balaban J connectivity index is 2.18. The highest BCUT2D eigenvalue weighted by Gasteiger charge is 2.39. The van der Waals surface area contributed by atoms with E-state index in [1.807, 2.05) is 25.2 Å². The average molecular weight is 389 g/mol. The van der Waals surface area contributed by atoms with E-state index in [-0.39, 0.29) is 23.3 Å². The van der Waals surface area contributed by atoms with Crippen molar-refractivity contribution >= 4 is 11.8 Å². The second-order valence-electron chi connectivity index (χ2n) is 8.71. The zero-order valence-electron chi connectivity index (χ0n) is 17.8. The molecule has 0 radical (unpaired) electrons. The first kappa shape index (κ1) is 22.4. The van der Waals surface area contributed by atoms with Gasteiger partial charge in [0.1, 0.15) is 0 Å². The number of nitrogens with one attached hydrogen (secondary N) is 1. The predicted octanol–water partition coefficient (Wildman–Crippen LogP) is 3.26. The van der Waals surface area contributed by atoms with Crippen LogP contribution < -0.4 is 5.32 Å². The number of nitrogens with zero attached hydrogens (tertiary/aromatic N) is 1. The molecule has 0 heterocycles. The number of aliphatic hydroxyl groups excluding tert-OH is 1. The maximum Gasteiger partial charge on any atom is 0.222 e. The zero-order chi connectivity index (χ0) is 20.7. The molecule has 0 aromatic heterocycles. The van der Waals surface area contributed by atoms with Crippen LogP contribution in [0.25, 0.3) is 0 Å². The molecule has 28 heavy (non-hydrogen) atoms. The molecule has 0 unspecified atom stereocenters. The molecule has 156 valence electrons. The minimum Gasteiger partial charge on any atom is -0.391 e. The standard InChI is InChI=1S/C23H36N2O3/c1-17(2)10-11-22(28)25(4)20-12-14-23(15-13-21(20)27,16-24-18(3)26)19-8-6-5-7-9-19/h5-9,17,20-21,27H,10-16H2,1-4H3,(H,24,26)/t20-,21-,23-/m1/s1. The Labute approximate surface area is 169 Å². The van der Waals surface area contributed by atoms with Crippen molar-refractivity contribution in [3.05, 3.63) is 35.9 Å². The summed E-state index contributed by atoms with van der Waals surface area (Å²) in [6.45, 7) is 6.32. The second-order valence-corrected chi connectivity index (χ2v) is 8.71. The fourth-order valence-corrected chi connectivity index (χ4v) is 4.24. The van der Waals surface area contributed by atoms with Gasteiger partial charge in [-0.15, -0.1) is 0 Å². The van der Waals surface area contributed by atoms with E-state index in [1.54, 1.807) is 4.90 Å². The van der Waals surface area contributed by atoms with E-state index in [9.17, 15) is 14.7 Å². The van der Waals surface area contributed by atoms with Gasteiger partial charge in [0.2, 0.25) is 11.8 Å². The fourth-order valence-electron chi connectivity index (χ4n) is 4.24. The summed E-state index contributed by atoms with van der Waals surface area (Å²) in [6.07, 6.45) is 3.77. The van der Waals surface area contributed by atoms with Crippen LogP contribution in [0.1, 0.15) is 64.9 Å².